The minimum absolute atomic E-state index is 0.0515. The van der Waals surface area contributed by atoms with Crippen LogP contribution in [0.2, 0.25) is 0 Å². The van der Waals surface area contributed by atoms with Gasteiger partial charge in [0.1, 0.15) is 24.9 Å². The fraction of sp³-hybridized carbons (Fsp3) is 0.897. The molecule has 0 amide bonds. The smallest absolute Gasteiger partial charge is 0.458 e. The molecule has 8 fully saturated rings. The topological polar surface area (TPSA) is 191 Å². The molecule has 4 saturated carbocycles. The largest absolute Gasteiger partial charge is 0.475 e. The molecule has 2 bridgehead atoms. The van der Waals surface area contributed by atoms with Crippen molar-refractivity contribution in [3.8, 4) is 0 Å². The van der Waals surface area contributed by atoms with E-state index in [1.54, 1.807) is 6.92 Å². The Morgan fingerprint density at radius 3 is 2.58 bits per heavy atom. The average Bonchev–Trinajstić information content (AvgIpc) is 3.41. The van der Waals surface area contributed by atoms with Crippen molar-refractivity contribution in [2.75, 3.05) is 13.2 Å². The van der Waals surface area contributed by atoms with Crippen LogP contribution in [0.15, 0.2) is 11.6 Å². The third kappa shape index (κ3) is 3.76. The van der Waals surface area contributed by atoms with Crippen molar-refractivity contribution in [1.82, 2.24) is 0 Å². The van der Waals surface area contributed by atoms with E-state index < -0.39 is 84.8 Å². The van der Waals surface area contributed by atoms with Crippen molar-refractivity contribution in [1.29, 1.82) is 0 Å². The van der Waals surface area contributed by atoms with Crippen molar-refractivity contribution >= 4 is 13.8 Å². The molecular formula is C29H41O13P. The number of rotatable bonds is 3. The fourth-order valence-corrected chi connectivity index (χ4v) is 12.5. The molecule has 9 rings (SSSR count). The lowest BCUT2D eigenvalue weighted by atomic mass is 9.40. The van der Waals surface area contributed by atoms with Crippen molar-refractivity contribution in [3.05, 3.63) is 11.6 Å². The highest BCUT2D eigenvalue weighted by atomic mass is 31.2. The van der Waals surface area contributed by atoms with Gasteiger partial charge in [0.15, 0.2) is 6.29 Å². The Kier molecular flexibility index (Phi) is 6.38. The molecule has 43 heavy (non-hydrogen) atoms. The summed E-state index contributed by atoms with van der Waals surface area (Å²) in [5.74, 6) is -1.23. The normalized spacial score (nSPS) is 60.5. The van der Waals surface area contributed by atoms with Gasteiger partial charge in [-0.25, -0.2) is 9.36 Å². The van der Waals surface area contributed by atoms with Crippen LogP contribution in [-0.4, -0.2) is 105 Å². The van der Waals surface area contributed by atoms with Gasteiger partial charge < -0.3 is 39.7 Å². The Bertz CT molecular complexity index is 1290. The van der Waals surface area contributed by atoms with Crippen molar-refractivity contribution in [3.63, 3.8) is 0 Å². The third-order valence-electron chi connectivity index (χ3n) is 12.8. The summed E-state index contributed by atoms with van der Waals surface area (Å²) in [6, 6.07) is 0. The highest BCUT2D eigenvalue weighted by Gasteiger charge is 2.79. The second-order valence-corrected chi connectivity index (χ2v) is 16.1. The first kappa shape index (κ1) is 29.4. The van der Waals surface area contributed by atoms with E-state index in [9.17, 15) is 34.9 Å². The van der Waals surface area contributed by atoms with Crippen LogP contribution in [0, 0.1) is 28.6 Å². The van der Waals surface area contributed by atoms with Crippen LogP contribution in [0.25, 0.3) is 0 Å². The number of hydrogen-bond acceptors (Lipinski definition) is 13. The number of phosphoric acid groups is 1. The van der Waals surface area contributed by atoms with Crippen LogP contribution in [0.3, 0.4) is 0 Å². The number of aliphatic hydroxyl groups excluding tert-OH is 3. The lowest BCUT2D eigenvalue weighted by Crippen LogP contribution is -2.75. The molecule has 4 aliphatic carbocycles. The predicted octanol–water partition coefficient (Wildman–Crippen LogP) is 0.693. The maximum Gasteiger partial charge on any atom is 0.475 e. The fourth-order valence-electron chi connectivity index (χ4n) is 10.8. The minimum Gasteiger partial charge on any atom is -0.458 e. The highest BCUT2D eigenvalue weighted by Crippen LogP contribution is 2.78. The molecule has 0 radical (unpaired) electrons. The molecule has 0 aromatic heterocycles. The average molecular weight is 629 g/mol. The maximum atomic E-state index is 14.0. The Morgan fingerprint density at radius 2 is 1.84 bits per heavy atom. The van der Waals surface area contributed by atoms with Crippen LogP contribution in [0.5, 0.6) is 0 Å². The van der Waals surface area contributed by atoms with Crippen LogP contribution in [0.1, 0.15) is 58.8 Å². The van der Waals surface area contributed by atoms with Gasteiger partial charge in [0.2, 0.25) is 0 Å². The molecule has 1 spiro atoms. The summed E-state index contributed by atoms with van der Waals surface area (Å²) in [5.41, 5.74) is -3.41. The number of aliphatic hydroxyl groups is 5. The van der Waals surface area contributed by atoms with E-state index in [0.717, 1.165) is 5.57 Å². The van der Waals surface area contributed by atoms with E-state index in [2.05, 4.69) is 0 Å². The van der Waals surface area contributed by atoms with Crippen molar-refractivity contribution < 1.29 is 62.7 Å². The molecular weight excluding hydrogens is 587 g/mol. The highest BCUT2D eigenvalue weighted by molar-refractivity contribution is 7.48. The van der Waals surface area contributed by atoms with Gasteiger partial charge in [-0.3, -0.25) is 13.6 Å². The number of cyclic esters (lactones) is 1. The monoisotopic (exact) mass is 628 g/mol. The van der Waals surface area contributed by atoms with Crippen LogP contribution >= 0.6 is 7.82 Å². The molecule has 0 aromatic rings. The molecule has 5 N–H and O–H groups in total. The van der Waals surface area contributed by atoms with Gasteiger partial charge in [-0.1, -0.05) is 6.92 Å². The van der Waals surface area contributed by atoms with Gasteiger partial charge >= 0.3 is 13.8 Å². The molecule has 0 aromatic carbocycles. The summed E-state index contributed by atoms with van der Waals surface area (Å²) in [5, 5.41) is 56.2. The standard InChI is InChI=1S/C29H41O13P/c1-13-22(31)23(32)24(33)25(39-13)40-15-8-19-28-12-38-43(36,42-19)41-18-10-26(2)16(14-7-20(30)37-11-14)4-6-29(26,35)17(21(18)28)3-5-27(28,34)9-15/h7,13,15-19,21-25,31-35H,3-6,8-12H2,1-2H3/t13-,15-,16+,17+,18+,19+,21+,22-,23+,24+,25-,26+,27-,28+,29-,43?/m0/s1. The van der Waals surface area contributed by atoms with E-state index in [1.165, 1.54) is 6.08 Å². The molecule has 4 saturated heterocycles. The van der Waals surface area contributed by atoms with Crippen LogP contribution in [0.4, 0.5) is 0 Å². The van der Waals surface area contributed by atoms with Gasteiger partial charge in [0.25, 0.3) is 0 Å². The van der Waals surface area contributed by atoms with Gasteiger partial charge in [-0.05, 0) is 56.4 Å². The van der Waals surface area contributed by atoms with Gasteiger partial charge in [0, 0.05) is 30.3 Å². The molecule has 240 valence electrons. The van der Waals surface area contributed by atoms with Gasteiger partial charge in [-0.15, -0.1) is 0 Å². The summed E-state index contributed by atoms with van der Waals surface area (Å²) in [7, 11) is -4.06. The SMILES string of the molecule is C[C@@H]1O[C@@H](O[C@H]2C[C@H]3OP4(=O)OC[C@]35[C@@H]3[C@@H](CC[C@]5(O)C2)[C@@]2(O)CC[C@H](C5=CC(=O)OC5)[C@@]2(C)C[C@H]3O4)[C@H](O)[C@H](O)[C@H]1O. The first-order valence-electron chi connectivity index (χ1n) is 15.5. The summed E-state index contributed by atoms with van der Waals surface area (Å²) in [6.45, 7) is 3.74. The summed E-state index contributed by atoms with van der Waals surface area (Å²) < 4.78 is 49.3. The van der Waals surface area contributed by atoms with E-state index in [-0.39, 0.29) is 43.9 Å². The third-order valence-corrected chi connectivity index (χ3v) is 14.3. The van der Waals surface area contributed by atoms with Gasteiger partial charge in [0.05, 0.1) is 47.6 Å². The summed E-state index contributed by atoms with van der Waals surface area (Å²) in [6.07, 6.45) is -4.24. The number of hydrogen-bond donors (Lipinski definition) is 5. The molecule has 5 aliphatic heterocycles. The molecule has 5 heterocycles. The molecule has 1 unspecified atom stereocenters. The number of carbonyl (C=O) groups excluding carboxylic acids is 1. The lowest BCUT2D eigenvalue weighted by molar-refractivity contribution is -0.336. The van der Waals surface area contributed by atoms with Crippen molar-refractivity contribution in [2.24, 2.45) is 28.6 Å². The first-order valence-corrected chi connectivity index (χ1v) is 17.0. The Balaban J connectivity index is 1.15. The quantitative estimate of drug-likeness (QED) is 0.167. The molecule has 14 heteroatoms. The zero-order valence-electron chi connectivity index (χ0n) is 24.2. The lowest BCUT2D eigenvalue weighted by Gasteiger charge is -2.68. The molecule has 16 atom stereocenters. The molecule has 13 nitrogen and oxygen atoms in total. The summed E-state index contributed by atoms with van der Waals surface area (Å²) >= 11 is 0. The number of ether oxygens (including phenoxy) is 3. The number of esters is 1. The summed E-state index contributed by atoms with van der Waals surface area (Å²) in [4.78, 5) is 12.0. The van der Waals surface area contributed by atoms with E-state index >= 15 is 0 Å². The first-order chi connectivity index (χ1) is 20.2. The number of fused-ring (bicyclic) bond motifs is 3. The van der Waals surface area contributed by atoms with Crippen molar-refractivity contribution in [2.45, 2.75) is 119 Å². The second kappa shape index (κ2) is 9.32. The van der Waals surface area contributed by atoms with Crippen LogP contribution in [-0.2, 0) is 37.1 Å². The van der Waals surface area contributed by atoms with Crippen LogP contribution < -0.4 is 0 Å². The second-order valence-electron chi connectivity index (χ2n) is 14.5. The predicted molar refractivity (Wildman–Crippen MR) is 143 cm³/mol. The van der Waals surface area contributed by atoms with E-state index in [1.807, 2.05) is 6.92 Å². The zero-order chi connectivity index (χ0) is 30.3. The minimum atomic E-state index is -4.06. The zero-order valence-corrected chi connectivity index (χ0v) is 25.1. The Hall–Kier alpha value is -0.960. The molecule has 9 aliphatic rings. The van der Waals surface area contributed by atoms with E-state index in [0.29, 0.717) is 32.1 Å². The Morgan fingerprint density at radius 1 is 1.05 bits per heavy atom. The Labute approximate surface area is 249 Å². The van der Waals surface area contributed by atoms with Gasteiger partial charge in [-0.2, -0.15) is 0 Å². The maximum absolute atomic E-state index is 14.0. The van der Waals surface area contributed by atoms with E-state index in [4.69, 9.17) is 27.8 Å². The number of carbonyl (C=O) groups is 1. The number of phosphoric ester groups is 1.